The number of aliphatic hydroxyl groups is 4. The number of aliphatic hydroxyl groups excluding tert-OH is 4. The molecule has 0 aliphatic carbocycles. The maximum absolute atomic E-state index is 12.6. The molecule has 410 valence electrons. The minimum absolute atomic E-state index is 0.358. The Balaban J connectivity index is 3.66. The molecule has 0 saturated heterocycles. The largest absolute Gasteiger partial charge is 0.394 e. The molecule has 5 N–H and O–H groups in total. The smallest absolute Gasteiger partial charge is 0.249 e. The van der Waals surface area contributed by atoms with Crippen molar-refractivity contribution in [3.8, 4) is 0 Å². The number of unbranched alkanes of at least 4 members (excludes halogenated alkanes) is 37. The monoisotopic (exact) mass is 982 g/mol. The molecular weight excluding hydrogens is 863 g/mol. The maximum Gasteiger partial charge on any atom is 0.249 e. The third-order valence-corrected chi connectivity index (χ3v) is 14.2. The van der Waals surface area contributed by atoms with Crippen LogP contribution in [0.2, 0.25) is 0 Å². The van der Waals surface area contributed by atoms with Crippen molar-refractivity contribution in [3.63, 3.8) is 0 Å². The van der Waals surface area contributed by atoms with E-state index in [1.54, 1.807) is 0 Å². The van der Waals surface area contributed by atoms with Crippen LogP contribution in [0, 0.1) is 0 Å². The van der Waals surface area contributed by atoms with Gasteiger partial charge in [0.15, 0.2) is 0 Å². The summed E-state index contributed by atoms with van der Waals surface area (Å²) in [4.78, 5) is 12.6. The van der Waals surface area contributed by atoms with E-state index in [1.807, 2.05) is 0 Å². The lowest BCUT2D eigenvalue weighted by Gasteiger charge is -2.27. The van der Waals surface area contributed by atoms with Gasteiger partial charge in [-0.2, -0.15) is 0 Å². The zero-order chi connectivity index (χ0) is 50.9. The summed E-state index contributed by atoms with van der Waals surface area (Å²) < 4.78 is 0. The standard InChI is InChI=1S/C64H119NO5/c1-3-5-7-9-11-13-15-17-19-21-23-25-27-28-29-30-31-32-33-34-35-36-38-40-42-44-46-48-50-52-54-56-58-62(68)64(70)65-60(59-66)63(69)61(67)57-55-53-51-49-47-45-43-41-39-37-26-24-22-20-18-16-14-12-10-8-6-4-2/h23-26,28-29,41,43,49,51,60-63,66-69H,3-22,27,30-40,42,44-48,50,52-59H2,1-2H3,(H,65,70)/b25-23-,26-24+,29-28-,43-41+,51-49+. The first kappa shape index (κ1) is 68.0. The predicted octanol–water partition coefficient (Wildman–Crippen LogP) is 18.3. The van der Waals surface area contributed by atoms with Gasteiger partial charge in [0.05, 0.1) is 18.8 Å². The number of nitrogens with one attached hydrogen (secondary N) is 1. The molecule has 6 nitrogen and oxygen atoms in total. The topological polar surface area (TPSA) is 110 Å². The van der Waals surface area contributed by atoms with E-state index in [2.05, 4.69) is 79.9 Å². The Kier molecular flexibility index (Phi) is 56.3. The van der Waals surface area contributed by atoms with Crippen molar-refractivity contribution >= 4 is 5.91 Å². The average Bonchev–Trinajstić information content (AvgIpc) is 3.36. The predicted molar refractivity (Wildman–Crippen MR) is 306 cm³/mol. The molecular formula is C64H119NO5. The van der Waals surface area contributed by atoms with Gasteiger partial charge in [-0.1, -0.05) is 274 Å². The first-order valence-electron chi connectivity index (χ1n) is 30.7. The Morgan fingerprint density at radius 3 is 0.986 bits per heavy atom. The Labute approximate surface area is 435 Å². The fourth-order valence-electron chi connectivity index (χ4n) is 9.35. The van der Waals surface area contributed by atoms with E-state index in [0.717, 1.165) is 57.8 Å². The molecule has 0 aliphatic rings. The van der Waals surface area contributed by atoms with Gasteiger partial charge in [-0.25, -0.2) is 0 Å². The summed E-state index contributed by atoms with van der Waals surface area (Å²) >= 11 is 0. The molecule has 0 aliphatic heterocycles. The summed E-state index contributed by atoms with van der Waals surface area (Å²) in [6.07, 6.45) is 75.9. The lowest BCUT2D eigenvalue weighted by Crippen LogP contribution is -2.53. The molecule has 0 radical (unpaired) electrons. The molecule has 0 fully saturated rings. The van der Waals surface area contributed by atoms with Crippen molar-refractivity contribution in [2.45, 2.75) is 334 Å². The number of hydrogen-bond acceptors (Lipinski definition) is 5. The van der Waals surface area contributed by atoms with E-state index < -0.39 is 36.9 Å². The summed E-state index contributed by atoms with van der Waals surface area (Å²) in [6, 6.07) is -1.01. The van der Waals surface area contributed by atoms with Gasteiger partial charge in [0.2, 0.25) is 5.91 Å². The van der Waals surface area contributed by atoms with E-state index in [0.29, 0.717) is 19.3 Å². The molecule has 0 aromatic rings. The van der Waals surface area contributed by atoms with Gasteiger partial charge < -0.3 is 25.7 Å². The first-order valence-corrected chi connectivity index (χ1v) is 30.7. The fraction of sp³-hybridized carbons (Fsp3) is 0.828. The van der Waals surface area contributed by atoms with Gasteiger partial charge in [0.25, 0.3) is 0 Å². The highest BCUT2D eigenvalue weighted by Crippen LogP contribution is 2.17. The number of carbonyl (C=O) groups is 1. The molecule has 0 spiro atoms. The molecule has 6 heteroatoms. The fourth-order valence-corrected chi connectivity index (χ4v) is 9.35. The van der Waals surface area contributed by atoms with Gasteiger partial charge in [0, 0.05) is 0 Å². The summed E-state index contributed by atoms with van der Waals surface area (Å²) in [5, 5.41) is 44.0. The van der Waals surface area contributed by atoms with Crippen LogP contribution >= 0.6 is 0 Å². The first-order chi connectivity index (χ1) is 34.5. The summed E-state index contributed by atoms with van der Waals surface area (Å²) in [6.45, 7) is 4.06. The highest BCUT2D eigenvalue weighted by molar-refractivity contribution is 5.80. The minimum Gasteiger partial charge on any atom is -0.394 e. The van der Waals surface area contributed by atoms with E-state index in [9.17, 15) is 25.2 Å². The number of rotatable bonds is 56. The molecule has 0 aromatic carbocycles. The van der Waals surface area contributed by atoms with Gasteiger partial charge in [-0.05, 0) is 96.3 Å². The highest BCUT2D eigenvalue weighted by Gasteiger charge is 2.28. The lowest BCUT2D eigenvalue weighted by atomic mass is 10.00. The molecule has 0 bridgehead atoms. The molecule has 0 saturated carbocycles. The van der Waals surface area contributed by atoms with Crippen LogP contribution in [0.4, 0.5) is 0 Å². The molecule has 0 heterocycles. The Hall–Kier alpha value is -1.99. The molecule has 4 atom stereocenters. The van der Waals surface area contributed by atoms with E-state index >= 15 is 0 Å². The van der Waals surface area contributed by atoms with Gasteiger partial charge in [-0.3, -0.25) is 4.79 Å². The van der Waals surface area contributed by atoms with Crippen molar-refractivity contribution in [1.82, 2.24) is 5.32 Å². The van der Waals surface area contributed by atoms with Crippen molar-refractivity contribution in [2.24, 2.45) is 0 Å². The van der Waals surface area contributed by atoms with Crippen molar-refractivity contribution in [3.05, 3.63) is 60.8 Å². The van der Waals surface area contributed by atoms with Gasteiger partial charge in [-0.15, -0.1) is 0 Å². The second kappa shape index (κ2) is 57.9. The highest BCUT2D eigenvalue weighted by atomic mass is 16.3. The van der Waals surface area contributed by atoms with Crippen LogP contribution in [-0.2, 0) is 4.79 Å². The van der Waals surface area contributed by atoms with Crippen LogP contribution in [-0.4, -0.2) is 57.3 Å². The van der Waals surface area contributed by atoms with Crippen LogP contribution in [0.1, 0.15) is 309 Å². The maximum atomic E-state index is 12.6. The van der Waals surface area contributed by atoms with E-state index in [-0.39, 0.29) is 0 Å². The Morgan fingerprint density at radius 2 is 0.643 bits per heavy atom. The molecule has 0 rings (SSSR count). The van der Waals surface area contributed by atoms with Crippen LogP contribution in [0.25, 0.3) is 0 Å². The van der Waals surface area contributed by atoms with E-state index in [4.69, 9.17) is 0 Å². The number of allylic oxidation sites excluding steroid dienone is 10. The van der Waals surface area contributed by atoms with Crippen molar-refractivity contribution < 1.29 is 25.2 Å². The number of hydrogen-bond donors (Lipinski definition) is 5. The Morgan fingerprint density at radius 1 is 0.357 bits per heavy atom. The number of amides is 1. The quantitative estimate of drug-likeness (QED) is 0.0308. The van der Waals surface area contributed by atoms with Gasteiger partial charge in [0.1, 0.15) is 12.2 Å². The zero-order valence-electron chi connectivity index (χ0n) is 46.5. The van der Waals surface area contributed by atoms with Crippen molar-refractivity contribution in [1.29, 1.82) is 0 Å². The third kappa shape index (κ3) is 50.9. The summed E-state index contributed by atoms with van der Waals surface area (Å²) in [5.41, 5.74) is 0. The molecule has 0 aromatic heterocycles. The van der Waals surface area contributed by atoms with Crippen molar-refractivity contribution in [2.75, 3.05) is 6.61 Å². The average molecular weight is 983 g/mol. The molecule has 4 unspecified atom stereocenters. The second-order valence-electron chi connectivity index (χ2n) is 21.0. The van der Waals surface area contributed by atoms with E-state index in [1.165, 1.54) is 218 Å². The Bertz CT molecular complexity index is 1190. The second-order valence-corrected chi connectivity index (χ2v) is 21.0. The molecule has 1 amide bonds. The van der Waals surface area contributed by atoms with Crippen LogP contribution < -0.4 is 5.32 Å². The number of carbonyl (C=O) groups excluding carboxylic acids is 1. The van der Waals surface area contributed by atoms with Crippen LogP contribution in [0.3, 0.4) is 0 Å². The lowest BCUT2D eigenvalue weighted by molar-refractivity contribution is -0.132. The van der Waals surface area contributed by atoms with Crippen LogP contribution in [0.5, 0.6) is 0 Å². The summed E-state index contributed by atoms with van der Waals surface area (Å²) in [7, 11) is 0. The SMILES string of the molecule is CCCCCCCCCCC/C=C\C/C=C\CCCCCCCCCCCCCCCCCCC(O)C(=O)NC(CO)C(O)C(O)CCC/C=C/CC/C=C/CC/C=C/CCCCCCCCCCC. The normalized spacial score (nSPS) is 14.1. The van der Waals surface area contributed by atoms with Gasteiger partial charge >= 0.3 is 0 Å². The minimum atomic E-state index is -1.30. The van der Waals surface area contributed by atoms with Crippen LogP contribution in [0.15, 0.2) is 60.8 Å². The molecule has 70 heavy (non-hydrogen) atoms. The summed E-state index contributed by atoms with van der Waals surface area (Å²) in [5.74, 6) is -0.598. The zero-order valence-corrected chi connectivity index (χ0v) is 46.5. The third-order valence-electron chi connectivity index (χ3n) is 14.2.